The predicted octanol–water partition coefficient (Wildman–Crippen LogP) is 6.25. The van der Waals surface area contributed by atoms with Gasteiger partial charge in [0, 0.05) is 18.5 Å². The van der Waals surface area contributed by atoms with Gasteiger partial charge in [0.15, 0.2) is 5.75 Å². The van der Waals surface area contributed by atoms with Crippen molar-refractivity contribution in [1.82, 2.24) is 19.0 Å². The number of phenols is 1. The number of aromatic hydroxyl groups is 1. The summed E-state index contributed by atoms with van der Waals surface area (Å²) >= 11 is 12.3. The molecule has 8 heteroatoms. The average molecular weight is 501 g/mol. The number of hydrogen-bond donors (Lipinski definition) is 1. The fourth-order valence-electron chi connectivity index (χ4n) is 4.62. The lowest BCUT2D eigenvalue weighted by Gasteiger charge is -2.23. The van der Waals surface area contributed by atoms with Crippen LogP contribution in [0.25, 0.3) is 33.1 Å². The summed E-state index contributed by atoms with van der Waals surface area (Å²) in [5.74, 6) is -0.124. The van der Waals surface area contributed by atoms with Gasteiger partial charge in [-0.1, -0.05) is 48.5 Å². The molecule has 0 amide bonds. The molecule has 2 aromatic carbocycles. The van der Waals surface area contributed by atoms with Crippen LogP contribution in [0.3, 0.4) is 0 Å². The monoisotopic (exact) mass is 500 g/mol. The number of phenolic OH excluding ortho intramolecular Hbond substituents is 1. The molecule has 0 bridgehead atoms. The molecule has 180 valence electrons. The van der Waals surface area contributed by atoms with E-state index < -0.39 is 0 Å². The molecule has 5 rings (SSSR count). The third-order valence-electron chi connectivity index (χ3n) is 6.21. The molecule has 0 saturated heterocycles. The second kappa shape index (κ2) is 9.98. The average Bonchev–Trinajstić information content (AvgIpc) is 3.07. The summed E-state index contributed by atoms with van der Waals surface area (Å²) in [6, 6.07) is 9.52. The Morgan fingerprint density at radius 2 is 1.62 bits per heavy atom. The van der Waals surface area contributed by atoms with E-state index in [0.29, 0.717) is 0 Å². The molecule has 0 radical (unpaired) electrons. The Morgan fingerprint density at radius 3 is 2.24 bits per heavy atom. The molecular weight excluding hydrogens is 471 g/mol. The van der Waals surface area contributed by atoms with E-state index in [0.717, 1.165) is 58.7 Å². The van der Waals surface area contributed by atoms with Crippen LogP contribution in [0.2, 0.25) is 10.0 Å². The number of fused-ring (bicyclic) bond motifs is 3. The van der Waals surface area contributed by atoms with Crippen LogP contribution < -0.4 is 5.69 Å². The Hall–Kier alpha value is -2.54. The fourth-order valence-corrected chi connectivity index (χ4v) is 5.10. The standard InChI is InChI=1S/C23H21Cl2N3O2.C3H9N/c1-27-20-12-26-19-8-7-13(14-10-17(24)22(29)18(25)11-14)9-16(19)21(20)28(23(27)30)15-5-3-2-4-6-15;1-4(2)3/h7-12,15,29H,2-6H2,1H3;1-3H3. The summed E-state index contributed by atoms with van der Waals surface area (Å²) < 4.78 is 3.66. The molecule has 2 heterocycles. The first kappa shape index (κ1) is 24.6. The second-order valence-electron chi connectivity index (χ2n) is 9.36. The Bertz CT molecular complexity index is 1380. The zero-order chi connectivity index (χ0) is 24.6. The fraction of sp³-hybridized carbons (Fsp3) is 0.385. The molecular formula is C26H30Cl2N4O2. The van der Waals surface area contributed by atoms with E-state index in [2.05, 4.69) is 4.98 Å². The maximum absolute atomic E-state index is 13.1. The van der Waals surface area contributed by atoms with Gasteiger partial charge >= 0.3 is 5.69 Å². The Morgan fingerprint density at radius 1 is 1.00 bits per heavy atom. The third kappa shape index (κ3) is 4.67. The van der Waals surface area contributed by atoms with Gasteiger partial charge in [-0.3, -0.25) is 14.1 Å². The van der Waals surface area contributed by atoms with Crippen LogP contribution in [-0.4, -0.2) is 45.3 Å². The molecule has 0 aliphatic heterocycles. The van der Waals surface area contributed by atoms with Gasteiger partial charge in [0.05, 0.1) is 32.8 Å². The number of rotatable bonds is 2. The molecule has 4 aromatic rings. The van der Waals surface area contributed by atoms with Gasteiger partial charge in [-0.25, -0.2) is 4.79 Å². The van der Waals surface area contributed by atoms with Gasteiger partial charge in [-0.2, -0.15) is 0 Å². The van der Waals surface area contributed by atoms with E-state index in [4.69, 9.17) is 23.2 Å². The number of aryl methyl sites for hydroxylation is 1. The van der Waals surface area contributed by atoms with Crippen molar-refractivity contribution in [3.8, 4) is 16.9 Å². The van der Waals surface area contributed by atoms with Gasteiger partial charge < -0.3 is 10.0 Å². The maximum atomic E-state index is 13.1. The second-order valence-corrected chi connectivity index (χ2v) is 10.2. The minimum Gasteiger partial charge on any atom is -0.505 e. The highest BCUT2D eigenvalue weighted by Crippen LogP contribution is 2.38. The number of nitrogens with zero attached hydrogens (tertiary/aromatic N) is 4. The molecule has 1 aliphatic rings. The van der Waals surface area contributed by atoms with Crippen molar-refractivity contribution in [1.29, 1.82) is 0 Å². The van der Waals surface area contributed by atoms with Crippen LogP contribution in [0.15, 0.2) is 41.3 Å². The first-order valence-electron chi connectivity index (χ1n) is 11.5. The highest BCUT2D eigenvalue weighted by Gasteiger charge is 2.23. The normalized spacial score (nSPS) is 14.6. The van der Waals surface area contributed by atoms with Gasteiger partial charge in [-0.05, 0) is 69.4 Å². The van der Waals surface area contributed by atoms with Crippen molar-refractivity contribution in [2.24, 2.45) is 7.05 Å². The van der Waals surface area contributed by atoms with Crippen molar-refractivity contribution >= 4 is 45.1 Å². The van der Waals surface area contributed by atoms with E-state index in [1.807, 2.05) is 48.8 Å². The van der Waals surface area contributed by atoms with E-state index in [9.17, 15) is 9.90 Å². The Labute approximate surface area is 209 Å². The Balaban J connectivity index is 0.000000636. The summed E-state index contributed by atoms with van der Waals surface area (Å²) in [6.45, 7) is 0. The lowest BCUT2D eigenvalue weighted by atomic mass is 9.95. The van der Waals surface area contributed by atoms with Crippen LogP contribution in [0.5, 0.6) is 5.75 Å². The summed E-state index contributed by atoms with van der Waals surface area (Å²) in [5, 5.41) is 11.2. The largest absolute Gasteiger partial charge is 0.505 e. The van der Waals surface area contributed by atoms with Crippen molar-refractivity contribution in [3.05, 3.63) is 57.1 Å². The van der Waals surface area contributed by atoms with Crippen LogP contribution in [0.4, 0.5) is 0 Å². The van der Waals surface area contributed by atoms with Crippen molar-refractivity contribution in [2.45, 2.75) is 38.1 Å². The van der Waals surface area contributed by atoms with Crippen LogP contribution in [-0.2, 0) is 7.05 Å². The van der Waals surface area contributed by atoms with E-state index in [-0.39, 0.29) is 27.5 Å². The summed E-state index contributed by atoms with van der Waals surface area (Å²) in [6.07, 6.45) is 7.34. The predicted molar refractivity (Wildman–Crippen MR) is 141 cm³/mol. The van der Waals surface area contributed by atoms with Gasteiger partial charge in [-0.15, -0.1) is 0 Å². The quantitative estimate of drug-likeness (QED) is 0.353. The van der Waals surface area contributed by atoms with E-state index >= 15 is 0 Å². The van der Waals surface area contributed by atoms with Gasteiger partial charge in [0.2, 0.25) is 0 Å². The van der Waals surface area contributed by atoms with E-state index in [1.165, 1.54) is 6.42 Å². The summed E-state index contributed by atoms with van der Waals surface area (Å²) in [4.78, 5) is 19.7. The number of pyridine rings is 1. The highest BCUT2D eigenvalue weighted by molar-refractivity contribution is 6.37. The number of halogens is 2. The SMILES string of the molecule is CN(C)C.Cn1c(=O)n(C2CCCCC2)c2c3cc(-c4cc(Cl)c(O)c(Cl)c4)ccc3ncc21. The van der Waals surface area contributed by atoms with Gasteiger partial charge in [0.25, 0.3) is 0 Å². The first-order valence-corrected chi connectivity index (χ1v) is 12.2. The summed E-state index contributed by atoms with van der Waals surface area (Å²) in [7, 11) is 7.81. The van der Waals surface area contributed by atoms with Crippen LogP contribution >= 0.6 is 23.2 Å². The van der Waals surface area contributed by atoms with E-state index in [1.54, 1.807) is 29.9 Å². The molecule has 1 N–H and O–H groups in total. The zero-order valence-electron chi connectivity index (χ0n) is 20.0. The third-order valence-corrected chi connectivity index (χ3v) is 6.78. The van der Waals surface area contributed by atoms with Crippen LogP contribution in [0.1, 0.15) is 38.1 Å². The number of benzene rings is 2. The maximum Gasteiger partial charge on any atom is 0.329 e. The highest BCUT2D eigenvalue weighted by atomic mass is 35.5. The lowest BCUT2D eigenvalue weighted by Crippen LogP contribution is -2.27. The van der Waals surface area contributed by atoms with Crippen molar-refractivity contribution in [3.63, 3.8) is 0 Å². The number of imidazole rings is 1. The molecule has 6 nitrogen and oxygen atoms in total. The molecule has 1 aliphatic carbocycles. The smallest absolute Gasteiger partial charge is 0.329 e. The Kier molecular flexibility index (Phi) is 7.22. The van der Waals surface area contributed by atoms with Crippen molar-refractivity contribution < 1.29 is 5.11 Å². The first-order chi connectivity index (χ1) is 16.2. The molecule has 2 aromatic heterocycles. The topological polar surface area (TPSA) is 63.3 Å². The number of aromatic nitrogens is 3. The molecule has 1 fully saturated rings. The molecule has 0 unspecified atom stereocenters. The summed E-state index contributed by atoms with van der Waals surface area (Å²) in [5.41, 5.74) is 4.29. The molecule has 0 spiro atoms. The minimum absolute atomic E-state index is 0.00678. The van der Waals surface area contributed by atoms with Crippen LogP contribution in [0, 0.1) is 0 Å². The zero-order valence-corrected chi connectivity index (χ0v) is 21.5. The lowest BCUT2D eigenvalue weighted by molar-refractivity contribution is 0.351. The molecule has 34 heavy (non-hydrogen) atoms. The minimum atomic E-state index is -0.124. The molecule has 1 saturated carbocycles. The number of hydrogen-bond acceptors (Lipinski definition) is 4. The van der Waals surface area contributed by atoms with Crippen molar-refractivity contribution in [2.75, 3.05) is 21.1 Å². The van der Waals surface area contributed by atoms with Gasteiger partial charge in [0.1, 0.15) is 0 Å². The molecule has 0 atom stereocenters.